The van der Waals surface area contributed by atoms with Crippen LogP contribution < -0.4 is 7.16 Å². The maximum atomic E-state index is 4.10. The molecule has 0 spiro atoms. The molecule has 3 aromatic rings. The van der Waals surface area contributed by atoms with Crippen molar-refractivity contribution >= 4 is 26.9 Å². The van der Waals surface area contributed by atoms with Crippen molar-refractivity contribution in [3.8, 4) is 0 Å². The molecule has 1 heterocycles. The van der Waals surface area contributed by atoms with E-state index in [0.29, 0.717) is 0 Å². The Labute approximate surface area is 133 Å². The summed E-state index contributed by atoms with van der Waals surface area (Å²) in [5, 5.41) is 0. The Bertz CT molecular complexity index is 613. The van der Waals surface area contributed by atoms with Crippen molar-refractivity contribution in [2.75, 3.05) is 0 Å². The van der Waals surface area contributed by atoms with Crippen LogP contribution >= 0.6 is 0 Å². The van der Waals surface area contributed by atoms with E-state index in [4.69, 9.17) is 0 Å². The fraction of sp³-hybridized carbons (Fsp3) is 0.105. The molecule has 1 radical (unpaired) electrons. The third-order valence-corrected chi connectivity index (χ3v) is 11.7. The van der Waals surface area contributed by atoms with Gasteiger partial charge >= 0.3 is 134 Å². The van der Waals surface area contributed by atoms with Gasteiger partial charge in [-0.25, -0.2) is 0 Å². The predicted octanol–water partition coefficient (Wildman–Crippen LogP) is 2.93. The molecule has 2 heteroatoms. The van der Waals surface area contributed by atoms with Gasteiger partial charge in [0.1, 0.15) is 0 Å². The number of benzene rings is 2. The second-order valence-electron chi connectivity index (χ2n) is 5.07. The molecule has 2 aromatic carbocycles. The first-order valence-electron chi connectivity index (χ1n) is 7.29. The zero-order chi connectivity index (χ0) is 14.3. The molecular formula is C19H18NSn. The van der Waals surface area contributed by atoms with Crippen LogP contribution in [-0.2, 0) is 6.42 Å². The van der Waals surface area contributed by atoms with E-state index in [1.165, 1.54) is 10.0 Å². The number of aromatic nitrogens is 1. The molecule has 1 aromatic heterocycles. The van der Waals surface area contributed by atoms with Crippen LogP contribution in [-0.4, -0.2) is 24.7 Å². The number of pyridine rings is 1. The molecule has 0 bridgehead atoms. The molecule has 0 saturated heterocycles. The summed E-state index contributed by atoms with van der Waals surface area (Å²) in [6.07, 6.45) is 4.94. The predicted molar refractivity (Wildman–Crippen MR) is 90.7 cm³/mol. The second-order valence-corrected chi connectivity index (χ2v) is 12.5. The van der Waals surface area contributed by atoms with Gasteiger partial charge in [-0.15, -0.1) is 0 Å². The number of nitrogens with zero attached hydrogens (tertiary/aromatic N) is 1. The van der Waals surface area contributed by atoms with E-state index >= 15 is 0 Å². The Kier molecular flexibility index (Phi) is 5.06. The van der Waals surface area contributed by atoms with Crippen molar-refractivity contribution in [3.63, 3.8) is 0 Å². The molecule has 103 valence electrons. The zero-order valence-electron chi connectivity index (χ0n) is 11.9. The molecule has 21 heavy (non-hydrogen) atoms. The van der Waals surface area contributed by atoms with E-state index in [1.54, 1.807) is 7.16 Å². The molecule has 0 aliphatic heterocycles. The van der Waals surface area contributed by atoms with Gasteiger partial charge in [0, 0.05) is 0 Å². The number of hydrogen-bond acceptors (Lipinski definition) is 1. The minimum atomic E-state index is -1.80. The third-order valence-electron chi connectivity index (χ3n) is 3.66. The summed E-state index contributed by atoms with van der Waals surface area (Å²) in [7, 11) is 0. The molecule has 0 aliphatic rings. The first-order valence-corrected chi connectivity index (χ1v) is 12.2. The van der Waals surface area contributed by atoms with Crippen molar-refractivity contribution in [2.45, 2.75) is 10.9 Å². The number of aryl methyl sites for hydroxylation is 1. The van der Waals surface area contributed by atoms with Gasteiger partial charge in [-0.1, -0.05) is 0 Å². The first-order chi connectivity index (χ1) is 10.4. The summed E-state index contributed by atoms with van der Waals surface area (Å²) in [5.74, 6) is 0. The van der Waals surface area contributed by atoms with Gasteiger partial charge in [0.05, 0.1) is 0 Å². The maximum absolute atomic E-state index is 4.10. The molecule has 0 atom stereocenters. The summed E-state index contributed by atoms with van der Waals surface area (Å²) in [4.78, 5) is 4.10. The Morgan fingerprint density at radius 3 is 1.71 bits per heavy atom. The Hall–Kier alpha value is -1.61. The molecule has 0 aliphatic carbocycles. The average molecular weight is 379 g/mol. The summed E-state index contributed by atoms with van der Waals surface area (Å²) >= 11 is -1.80. The summed E-state index contributed by atoms with van der Waals surface area (Å²) in [5.41, 5.74) is 1.40. The van der Waals surface area contributed by atoms with Crippen molar-refractivity contribution < 1.29 is 0 Å². The van der Waals surface area contributed by atoms with Crippen LogP contribution in [0.5, 0.6) is 0 Å². The van der Waals surface area contributed by atoms with Crippen molar-refractivity contribution in [1.82, 2.24) is 4.98 Å². The third kappa shape index (κ3) is 3.94. The van der Waals surface area contributed by atoms with Crippen LogP contribution in [0, 0.1) is 0 Å². The van der Waals surface area contributed by atoms with E-state index in [1.807, 2.05) is 12.4 Å². The van der Waals surface area contributed by atoms with E-state index < -0.39 is 19.8 Å². The molecule has 0 amide bonds. The van der Waals surface area contributed by atoms with Crippen molar-refractivity contribution in [2.24, 2.45) is 0 Å². The van der Waals surface area contributed by atoms with Crippen LogP contribution in [0.15, 0.2) is 85.2 Å². The molecule has 0 saturated carbocycles. The normalized spacial score (nSPS) is 10.7. The van der Waals surface area contributed by atoms with E-state index in [9.17, 15) is 0 Å². The van der Waals surface area contributed by atoms with Crippen LogP contribution in [0.2, 0.25) is 4.44 Å². The number of hydrogen-bond donors (Lipinski definition) is 0. The fourth-order valence-corrected chi connectivity index (χ4v) is 10.1. The number of rotatable bonds is 5. The topological polar surface area (TPSA) is 12.9 Å². The second kappa shape index (κ2) is 7.41. The Balaban J connectivity index is 1.83. The molecule has 0 N–H and O–H groups in total. The zero-order valence-corrected chi connectivity index (χ0v) is 14.8. The van der Waals surface area contributed by atoms with E-state index in [0.717, 1.165) is 6.42 Å². The van der Waals surface area contributed by atoms with Crippen LogP contribution in [0.3, 0.4) is 0 Å². The quantitative estimate of drug-likeness (QED) is 0.622. The van der Waals surface area contributed by atoms with Crippen LogP contribution in [0.25, 0.3) is 0 Å². The summed E-state index contributed by atoms with van der Waals surface area (Å²) < 4.78 is 4.47. The van der Waals surface area contributed by atoms with Gasteiger partial charge in [0.15, 0.2) is 0 Å². The average Bonchev–Trinajstić information content (AvgIpc) is 2.58. The molecule has 0 fully saturated rings. The van der Waals surface area contributed by atoms with Crippen molar-refractivity contribution in [3.05, 3.63) is 90.8 Å². The SMILES string of the molecule is c1cc[c]([Sn]([CH2]Cc2ccncc2)[c]2ccccc2)cc1. The Morgan fingerprint density at radius 1 is 0.667 bits per heavy atom. The van der Waals surface area contributed by atoms with Gasteiger partial charge < -0.3 is 0 Å². The van der Waals surface area contributed by atoms with Crippen LogP contribution in [0.1, 0.15) is 5.56 Å². The van der Waals surface area contributed by atoms with Gasteiger partial charge in [-0.2, -0.15) is 0 Å². The fourth-order valence-electron chi connectivity index (χ4n) is 2.55. The van der Waals surface area contributed by atoms with E-state index in [2.05, 4.69) is 77.8 Å². The van der Waals surface area contributed by atoms with Crippen LogP contribution in [0.4, 0.5) is 0 Å². The monoisotopic (exact) mass is 380 g/mol. The molecule has 3 rings (SSSR count). The van der Waals surface area contributed by atoms with Gasteiger partial charge in [-0.3, -0.25) is 0 Å². The Morgan fingerprint density at radius 2 is 1.19 bits per heavy atom. The standard InChI is InChI=1S/C7H8N.2C6H5.Sn/c1-2-7-3-5-8-6-4-7;2*1-2-4-6-5-3-1;/h3-6H,1-2H2;2*1-5H;. The molecule has 0 unspecified atom stereocenters. The van der Waals surface area contributed by atoms with Gasteiger partial charge in [0.2, 0.25) is 0 Å². The van der Waals surface area contributed by atoms with E-state index in [-0.39, 0.29) is 0 Å². The summed E-state index contributed by atoms with van der Waals surface area (Å²) in [6, 6.07) is 26.4. The summed E-state index contributed by atoms with van der Waals surface area (Å²) in [6.45, 7) is 0. The molecular weight excluding hydrogens is 361 g/mol. The first kappa shape index (κ1) is 14.3. The van der Waals surface area contributed by atoms with Gasteiger partial charge in [-0.05, 0) is 0 Å². The van der Waals surface area contributed by atoms with Gasteiger partial charge in [0.25, 0.3) is 0 Å². The minimum absolute atomic E-state index is 1.15. The molecule has 1 nitrogen and oxygen atoms in total. The van der Waals surface area contributed by atoms with Crippen molar-refractivity contribution in [1.29, 1.82) is 0 Å².